The number of benzene rings is 1. The van der Waals surface area contributed by atoms with E-state index in [9.17, 15) is 4.79 Å². The molecule has 1 aliphatic carbocycles. The van der Waals surface area contributed by atoms with Gasteiger partial charge in [0.1, 0.15) is 0 Å². The highest BCUT2D eigenvalue weighted by molar-refractivity contribution is 5.89. The van der Waals surface area contributed by atoms with Crippen molar-refractivity contribution in [1.82, 2.24) is 4.90 Å². The molecular weight excluding hydrogens is 302 g/mol. The molecule has 2 aliphatic rings. The third kappa shape index (κ3) is 4.28. The second-order valence-electron chi connectivity index (χ2n) is 7.28. The Balaban J connectivity index is 1.54. The van der Waals surface area contributed by atoms with Gasteiger partial charge in [0.05, 0.1) is 13.2 Å². The van der Waals surface area contributed by atoms with Crippen LogP contribution in [0.1, 0.15) is 39.5 Å². The van der Waals surface area contributed by atoms with Crippen molar-refractivity contribution in [3.8, 4) is 0 Å². The topological polar surface area (TPSA) is 53.6 Å². The fourth-order valence-electron chi connectivity index (χ4n) is 3.93. The summed E-state index contributed by atoms with van der Waals surface area (Å²) >= 11 is 0. The Hall–Kier alpha value is -1.59. The van der Waals surface area contributed by atoms with Gasteiger partial charge in [0, 0.05) is 43.0 Å². The molecule has 2 N–H and O–H groups in total. The summed E-state index contributed by atoms with van der Waals surface area (Å²) in [7, 11) is 0. The fourth-order valence-corrected chi connectivity index (χ4v) is 3.93. The number of carbonyl (C=O) groups excluding carboxylic acids is 1. The Morgan fingerprint density at radius 2 is 1.88 bits per heavy atom. The summed E-state index contributed by atoms with van der Waals surface area (Å²) in [5.41, 5.74) is 2.25. The molecule has 0 unspecified atom stereocenters. The predicted octanol–water partition coefficient (Wildman–Crippen LogP) is 3.09. The van der Waals surface area contributed by atoms with E-state index in [0.29, 0.717) is 11.6 Å². The molecule has 0 radical (unpaired) electrons. The SMILES string of the molecule is CC(=O)Nc1cccc(NC2CCC(C)(N3CCOCC3)CC2)c1. The summed E-state index contributed by atoms with van der Waals surface area (Å²) in [6.07, 6.45) is 4.79. The highest BCUT2D eigenvalue weighted by Gasteiger charge is 2.36. The zero-order valence-electron chi connectivity index (χ0n) is 14.8. The number of morpholine rings is 1. The van der Waals surface area contributed by atoms with E-state index in [0.717, 1.165) is 37.7 Å². The summed E-state index contributed by atoms with van der Waals surface area (Å²) < 4.78 is 5.49. The van der Waals surface area contributed by atoms with Gasteiger partial charge in [-0.3, -0.25) is 9.69 Å². The van der Waals surface area contributed by atoms with E-state index in [2.05, 4.69) is 28.5 Å². The molecule has 0 aromatic heterocycles. The predicted molar refractivity (Wildman–Crippen MR) is 97.4 cm³/mol. The molecule has 0 spiro atoms. The summed E-state index contributed by atoms with van der Waals surface area (Å²) in [4.78, 5) is 13.8. The lowest BCUT2D eigenvalue weighted by atomic mass is 9.79. The molecular formula is C19H29N3O2. The molecule has 2 fully saturated rings. The van der Waals surface area contributed by atoms with E-state index in [4.69, 9.17) is 4.74 Å². The minimum Gasteiger partial charge on any atom is -0.382 e. The van der Waals surface area contributed by atoms with Crippen molar-refractivity contribution in [3.05, 3.63) is 24.3 Å². The van der Waals surface area contributed by atoms with Crippen LogP contribution in [0.2, 0.25) is 0 Å². The van der Waals surface area contributed by atoms with Crippen LogP contribution in [-0.4, -0.2) is 48.7 Å². The second-order valence-corrected chi connectivity index (χ2v) is 7.28. The highest BCUT2D eigenvalue weighted by Crippen LogP contribution is 2.35. The van der Waals surface area contributed by atoms with Gasteiger partial charge in [-0.1, -0.05) is 6.07 Å². The third-order valence-corrected chi connectivity index (χ3v) is 5.39. The first-order valence-corrected chi connectivity index (χ1v) is 9.02. The standard InChI is InChI=1S/C19H29N3O2/c1-15(23)20-17-4-3-5-18(14-17)21-16-6-8-19(2,9-7-16)22-10-12-24-13-11-22/h3-5,14,16,21H,6-13H2,1-2H3,(H,20,23). The minimum atomic E-state index is -0.0360. The maximum atomic E-state index is 11.2. The van der Waals surface area contributed by atoms with Gasteiger partial charge in [-0.25, -0.2) is 0 Å². The summed E-state index contributed by atoms with van der Waals surface area (Å²) in [6, 6.07) is 8.49. The van der Waals surface area contributed by atoms with Crippen molar-refractivity contribution >= 4 is 17.3 Å². The molecule has 24 heavy (non-hydrogen) atoms. The van der Waals surface area contributed by atoms with Gasteiger partial charge >= 0.3 is 0 Å². The molecule has 1 heterocycles. The molecule has 5 heteroatoms. The third-order valence-electron chi connectivity index (χ3n) is 5.39. The van der Waals surface area contributed by atoms with Crippen molar-refractivity contribution in [2.45, 2.75) is 51.1 Å². The fraction of sp³-hybridized carbons (Fsp3) is 0.632. The number of amides is 1. The minimum absolute atomic E-state index is 0.0360. The normalized spacial score (nSPS) is 28.3. The van der Waals surface area contributed by atoms with Crippen molar-refractivity contribution < 1.29 is 9.53 Å². The van der Waals surface area contributed by atoms with Gasteiger partial charge in [0.15, 0.2) is 0 Å². The van der Waals surface area contributed by atoms with Crippen molar-refractivity contribution in [2.75, 3.05) is 36.9 Å². The van der Waals surface area contributed by atoms with E-state index in [1.54, 1.807) is 0 Å². The molecule has 0 atom stereocenters. The molecule has 1 saturated carbocycles. The Morgan fingerprint density at radius 3 is 2.54 bits per heavy atom. The van der Waals surface area contributed by atoms with Gasteiger partial charge in [-0.2, -0.15) is 0 Å². The van der Waals surface area contributed by atoms with Crippen LogP contribution < -0.4 is 10.6 Å². The van der Waals surface area contributed by atoms with Gasteiger partial charge in [-0.15, -0.1) is 0 Å². The first-order valence-electron chi connectivity index (χ1n) is 9.02. The molecule has 0 bridgehead atoms. The van der Waals surface area contributed by atoms with Gasteiger partial charge in [0.2, 0.25) is 5.91 Å². The number of anilines is 2. The first kappa shape index (κ1) is 17.2. The lowest BCUT2D eigenvalue weighted by Gasteiger charge is -2.47. The Bertz CT molecular complexity index is 561. The largest absolute Gasteiger partial charge is 0.382 e. The molecule has 3 rings (SSSR count). The van der Waals surface area contributed by atoms with E-state index in [1.807, 2.05) is 18.2 Å². The maximum absolute atomic E-state index is 11.2. The maximum Gasteiger partial charge on any atom is 0.221 e. The van der Waals surface area contributed by atoms with Crippen LogP contribution in [0.25, 0.3) is 0 Å². The van der Waals surface area contributed by atoms with Gasteiger partial charge in [0.25, 0.3) is 0 Å². The number of carbonyl (C=O) groups is 1. The molecule has 1 saturated heterocycles. The molecule has 5 nitrogen and oxygen atoms in total. The molecule has 1 amide bonds. The van der Waals surface area contributed by atoms with Crippen molar-refractivity contribution in [3.63, 3.8) is 0 Å². The summed E-state index contributed by atoms with van der Waals surface area (Å²) in [5.74, 6) is -0.0360. The van der Waals surface area contributed by atoms with Gasteiger partial charge < -0.3 is 15.4 Å². The zero-order chi connectivity index (χ0) is 17.0. The van der Waals surface area contributed by atoms with Crippen LogP contribution >= 0.6 is 0 Å². The number of rotatable bonds is 4. The smallest absolute Gasteiger partial charge is 0.221 e. The van der Waals surface area contributed by atoms with E-state index in [-0.39, 0.29) is 5.91 Å². The second kappa shape index (κ2) is 7.53. The molecule has 1 aromatic carbocycles. The van der Waals surface area contributed by atoms with Crippen LogP contribution in [0.5, 0.6) is 0 Å². The van der Waals surface area contributed by atoms with Crippen LogP contribution in [0.3, 0.4) is 0 Å². The zero-order valence-corrected chi connectivity index (χ0v) is 14.8. The van der Waals surface area contributed by atoms with E-state index >= 15 is 0 Å². The number of ether oxygens (including phenoxy) is 1. The average Bonchev–Trinajstić information content (AvgIpc) is 2.58. The highest BCUT2D eigenvalue weighted by atomic mass is 16.5. The molecule has 1 aliphatic heterocycles. The Labute approximate surface area is 144 Å². The van der Waals surface area contributed by atoms with Crippen molar-refractivity contribution in [1.29, 1.82) is 0 Å². The summed E-state index contributed by atoms with van der Waals surface area (Å²) in [5, 5.41) is 6.48. The monoisotopic (exact) mass is 331 g/mol. The van der Waals surface area contributed by atoms with Crippen LogP contribution in [0.4, 0.5) is 11.4 Å². The van der Waals surface area contributed by atoms with Crippen LogP contribution in [0.15, 0.2) is 24.3 Å². The van der Waals surface area contributed by atoms with E-state index in [1.165, 1.54) is 32.6 Å². The summed E-state index contributed by atoms with van der Waals surface area (Å²) in [6.45, 7) is 7.81. The molecule has 1 aromatic rings. The quantitative estimate of drug-likeness (QED) is 0.890. The lowest BCUT2D eigenvalue weighted by molar-refractivity contribution is -0.114. The average molecular weight is 331 g/mol. The number of nitrogens with one attached hydrogen (secondary N) is 2. The number of nitrogens with zero attached hydrogens (tertiary/aromatic N) is 1. The van der Waals surface area contributed by atoms with Crippen LogP contribution in [0, 0.1) is 0 Å². The Morgan fingerprint density at radius 1 is 1.21 bits per heavy atom. The van der Waals surface area contributed by atoms with Gasteiger partial charge in [-0.05, 0) is 50.8 Å². The van der Waals surface area contributed by atoms with Crippen LogP contribution in [-0.2, 0) is 9.53 Å². The first-order chi connectivity index (χ1) is 11.5. The number of hydrogen-bond acceptors (Lipinski definition) is 4. The molecule has 132 valence electrons. The lowest BCUT2D eigenvalue weighted by Crippen LogP contribution is -2.54. The Kier molecular flexibility index (Phi) is 5.41. The van der Waals surface area contributed by atoms with E-state index < -0.39 is 0 Å². The van der Waals surface area contributed by atoms with Crippen molar-refractivity contribution in [2.24, 2.45) is 0 Å². The number of hydrogen-bond donors (Lipinski definition) is 2.